The van der Waals surface area contributed by atoms with Crippen molar-refractivity contribution in [2.75, 3.05) is 20.3 Å². The second-order valence-corrected chi connectivity index (χ2v) is 6.31. The first-order chi connectivity index (χ1) is 12.5. The second-order valence-electron chi connectivity index (χ2n) is 6.31. The lowest BCUT2D eigenvalue weighted by Crippen LogP contribution is -2.29. The van der Waals surface area contributed by atoms with E-state index < -0.39 is 11.6 Å². The van der Waals surface area contributed by atoms with Crippen LogP contribution in [0.3, 0.4) is 0 Å². The van der Waals surface area contributed by atoms with Crippen molar-refractivity contribution in [3.8, 4) is 0 Å². The van der Waals surface area contributed by atoms with Crippen LogP contribution in [-0.4, -0.2) is 31.1 Å². The molecule has 2 rings (SSSR count). The Morgan fingerprint density at radius 1 is 1.08 bits per heavy atom. The molecule has 1 atom stereocenters. The zero-order chi connectivity index (χ0) is 18.9. The number of carbonyl (C=O) groups is 1. The molecule has 1 amide bonds. The molecule has 2 aromatic carbocycles. The standard InChI is InChI=1S/C21H25F2NO2/c1-16(18-10-11-19(22)20(23)15-18)24(2)21(25)9-6-13-26-14-12-17-7-4-3-5-8-17/h3-5,7-8,10-11,15-16H,6,9,12-14H2,1-2H3. The van der Waals surface area contributed by atoms with E-state index in [-0.39, 0.29) is 11.9 Å². The third-order valence-corrected chi connectivity index (χ3v) is 4.46. The lowest BCUT2D eigenvalue weighted by atomic mass is 10.1. The highest BCUT2D eigenvalue weighted by Crippen LogP contribution is 2.21. The Morgan fingerprint density at radius 2 is 1.81 bits per heavy atom. The van der Waals surface area contributed by atoms with E-state index in [1.165, 1.54) is 11.6 Å². The van der Waals surface area contributed by atoms with Gasteiger partial charge in [-0.25, -0.2) is 8.78 Å². The van der Waals surface area contributed by atoms with Crippen molar-refractivity contribution < 1.29 is 18.3 Å². The molecule has 0 aliphatic carbocycles. The molecule has 3 nitrogen and oxygen atoms in total. The Balaban J connectivity index is 1.68. The molecule has 5 heteroatoms. The Labute approximate surface area is 153 Å². The van der Waals surface area contributed by atoms with Gasteiger partial charge in [-0.1, -0.05) is 36.4 Å². The summed E-state index contributed by atoms with van der Waals surface area (Å²) in [5, 5.41) is 0. The third-order valence-electron chi connectivity index (χ3n) is 4.46. The van der Waals surface area contributed by atoms with E-state index in [1.807, 2.05) is 18.2 Å². The van der Waals surface area contributed by atoms with Gasteiger partial charge in [-0.05, 0) is 43.0 Å². The highest BCUT2D eigenvalue weighted by molar-refractivity contribution is 5.76. The lowest BCUT2D eigenvalue weighted by Gasteiger charge is -2.25. The predicted octanol–water partition coefficient (Wildman–Crippen LogP) is 4.52. The fourth-order valence-corrected chi connectivity index (χ4v) is 2.65. The molecule has 0 aliphatic heterocycles. The molecule has 140 valence electrons. The van der Waals surface area contributed by atoms with E-state index in [1.54, 1.807) is 18.9 Å². The fourth-order valence-electron chi connectivity index (χ4n) is 2.65. The number of halogens is 2. The molecule has 0 aliphatic rings. The largest absolute Gasteiger partial charge is 0.381 e. The van der Waals surface area contributed by atoms with Gasteiger partial charge < -0.3 is 9.64 Å². The van der Waals surface area contributed by atoms with Crippen LogP contribution in [0.5, 0.6) is 0 Å². The van der Waals surface area contributed by atoms with Crippen LogP contribution in [-0.2, 0) is 16.0 Å². The van der Waals surface area contributed by atoms with Gasteiger partial charge >= 0.3 is 0 Å². The summed E-state index contributed by atoms with van der Waals surface area (Å²) in [7, 11) is 1.67. The molecule has 1 unspecified atom stereocenters. The summed E-state index contributed by atoms with van der Waals surface area (Å²) in [5.74, 6) is -1.83. The van der Waals surface area contributed by atoms with Gasteiger partial charge in [-0.2, -0.15) is 0 Å². The SMILES string of the molecule is CC(c1ccc(F)c(F)c1)N(C)C(=O)CCCOCCc1ccccc1. The van der Waals surface area contributed by atoms with Crippen molar-refractivity contribution in [2.24, 2.45) is 0 Å². The van der Waals surface area contributed by atoms with Crippen LogP contribution < -0.4 is 0 Å². The summed E-state index contributed by atoms with van der Waals surface area (Å²) in [6, 6.07) is 13.5. The summed E-state index contributed by atoms with van der Waals surface area (Å²) < 4.78 is 32.0. The summed E-state index contributed by atoms with van der Waals surface area (Å²) in [6.07, 6.45) is 1.83. The predicted molar refractivity (Wildman–Crippen MR) is 97.7 cm³/mol. The molecule has 0 radical (unpaired) electrons. The van der Waals surface area contributed by atoms with Crippen LogP contribution in [0.1, 0.15) is 36.9 Å². The number of amides is 1. The van der Waals surface area contributed by atoms with Gasteiger partial charge in [-0.3, -0.25) is 4.79 Å². The topological polar surface area (TPSA) is 29.5 Å². The van der Waals surface area contributed by atoms with Crippen LogP contribution in [0, 0.1) is 11.6 Å². The van der Waals surface area contributed by atoms with Crippen molar-refractivity contribution in [1.82, 2.24) is 4.90 Å². The van der Waals surface area contributed by atoms with Gasteiger partial charge in [0.1, 0.15) is 0 Å². The maximum atomic E-state index is 13.4. The highest BCUT2D eigenvalue weighted by atomic mass is 19.2. The Hall–Kier alpha value is -2.27. The maximum absolute atomic E-state index is 13.4. The van der Waals surface area contributed by atoms with Crippen molar-refractivity contribution in [1.29, 1.82) is 0 Å². The molecule has 2 aromatic rings. The lowest BCUT2D eigenvalue weighted by molar-refractivity contribution is -0.132. The first kappa shape index (κ1) is 20.0. The first-order valence-corrected chi connectivity index (χ1v) is 8.81. The van der Waals surface area contributed by atoms with Crippen molar-refractivity contribution in [3.05, 3.63) is 71.3 Å². The van der Waals surface area contributed by atoms with Gasteiger partial charge in [0.05, 0.1) is 12.6 Å². The van der Waals surface area contributed by atoms with E-state index >= 15 is 0 Å². The minimum Gasteiger partial charge on any atom is -0.381 e. The zero-order valence-corrected chi connectivity index (χ0v) is 15.3. The van der Waals surface area contributed by atoms with E-state index in [4.69, 9.17) is 4.74 Å². The smallest absolute Gasteiger partial charge is 0.222 e. The molecular formula is C21H25F2NO2. The van der Waals surface area contributed by atoms with Crippen molar-refractivity contribution in [3.63, 3.8) is 0 Å². The number of hydrogen-bond donors (Lipinski definition) is 0. The highest BCUT2D eigenvalue weighted by Gasteiger charge is 2.18. The number of ether oxygens (including phenoxy) is 1. The van der Waals surface area contributed by atoms with Gasteiger partial charge in [0, 0.05) is 20.1 Å². The Morgan fingerprint density at radius 3 is 2.50 bits per heavy atom. The zero-order valence-electron chi connectivity index (χ0n) is 15.3. The second kappa shape index (κ2) is 10.0. The molecule has 0 N–H and O–H groups in total. The summed E-state index contributed by atoms with van der Waals surface area (Å²) in [4.78, 5) is 13.8. The molecule has 0 spiro atoms. The molecule has 0 bridgehead atoms. The Kier molecular flexibility index (Phi) is 7.73. The van der Waals surface area contributed by atoms with E-state index in [2.05, 4.69) is 12.1 Å². The summed E-state index contributed by atoms with van der Waals surface area (Å²) in [6.45, 7) is 2.94. The normalized spacial score (nSPS) is 12.0. The number of benzene rings is 2. The van der Waals surface area contributed by atoms with Gasteiger partial charge in [-0.15, -0.1) is 0 Å². The molecule has 0 saturated carbocycles. The van der Waals surface area contributed by atoms with E-state index in [9.17, 15) is 13.6 Å². The van der Waals surface area contributed by atoms with Crippen molar-refractivity contribution in [2.45, 2.75) is 32.2 Å². The summed E-state index contributed by atoms with van der Waals surface area (Å²) in [5.41, 5.74) is 1.79. The number of carbonyl (C=O) groups excluding carboxylic acids is 1. The minimum atomic E-state index is -0.901. The van der Waals surface area contributed by atoms with Crippen LogP contribution in [0.25, 0.3) is 0 Å². The van der Waals surface area contributed by atoms with E-state index in [0.29, 0.717) is 31.6 Å². The average molecular weight is 361 g/mol. The van der Waals surface area contributed by atoms with Gasteiger partial charge in [0.25, 0.3) is 0 Å². The monoisotopic (exact) mass is 361 g/mol. The van der Waals surface area contributed by atoms with Crippen LogP contribution >= 0.6 is 0 Å². The number of rotatable bonds is 9. The average Bonchev–Trinajstić information content (AvgIpc) is 2.66. The van der Waals surface area contributed by atoms with E-state index in [0.717, 1.165) is 18.6 Å². The fraction of sp³-hybridized carbons (Fsp3) is 0.381. The maximum Gasteiger partial charge on any atom is 0.222 e. The first-order valence-electron chi connectivity index (χ1n) is 8.81. The number of nitrogens with zero attached hydrogens (tertiary/aromatic N) is 1. The van der Waals surface area contributed by atoms with Crippen LogP contribution in [0.2, 0.25) is 0 Å². The molecule has 0 aromatic heterocycles. The minimum absolute atomic E-state index is 0.0473. The van der Waals surface area contributed by atoms with Crippen LogP contribution in [0.4, 0.5) is 8.78 Å². The molecular weight excluding hydrogens is 336 g/mol. The quantitative estimate of drug-likeness (QED) is 0.615. The molecule has 0 heterocycles. The van der Waals surface area contributed by atoms with Crippen molar-refractivity contribution >= 4 is 5.91 Å². The third kappa shape index (κ3) is 5.92. The Bertz CT molecular complexity index is 706. The van der Waals surface area contributed by atoms with Gasteiger partial charge in [0.2, 0.25) is 5.91 Å². The molecule has 0 saturated heterocycles. The summed E-state index contributed by atoms with van der Waals surface area (Å²) >= 11 is 0. The van der Waals surface area contributed by atoms with Crippen LogP contribution in [0.15, 0.2) is 48.5 Å². The molecule has 26 heavy (non-hydrogen) atoms. The molecule has 0 fully saturated rings. The van der Waals surface area contributed by atoms with Gasteiger partial charge in [0.15, 0.2) is 11.6 Å². The number of hydrogen-bond acceptors (Lipinski definition) is 2.